The number of carbonyl (C=O) groups is 7. The molecule has 0 aliphatic rings. The fourth-order valence-corrected chi connectivity index (χ4v) is 13.8. The van der Waals surface area contributed by atoms with Crippen LogP contribution in [-0.2, 0) is 28.8 Å². The fraction of sp³-hybridized carbons (Fsp3) is 0.180. The van der Waals surface area contributed by atoms with Gasteiger partial charge in [-0.15, -0.1) is 0 Å². The van der Waals surface area contributed by atoms with Crippen LogP contribution in [0.1, 0.15) is 130 Å². The standard InChI is InChI=1S/C22H23NO4.C19H15NO5.C19H17NO4.C18H15NO4.C17H13NO4.C16H11NO4/c1-3-5-8-15(4-2)22(25)26-17-13-11-16(12-14-17)21-23-20(24)18-9-6-7-10-19(18)27-21;1-10-8-15(14(11(2)21)9-17(10)24-12(3)22)19-20-18(23)13-6-4-5-7-16(13)25-19;1-2-3-8-17(21)23-14-11-9-13(10-12-14)19-20-18(22)15-6-4-5-7-16(15)24-19;1-11(2)18(21)22-13-9-7-12(8-10-13)17-19-16(20)14-5-3-4-6-15(14)23-17;1-2-15(19)21-12-9-7-11(8-10-12)17-18-16(20)13-5-3-4-6-14(13)22-17;1-10(18)20-12-8-6-11(7-9-12)16-17-15(19)13-4-2-3-5-14(13)21-16/h6-7,9-15H,3-5,8H2,1-2H3;4-9H,1-3H3;4-7,9-12H,2-3,8H2,1H3;3-11H,1-2H3;3-10H,2H2,1H3;2-9H,1H3. The second-order valence-electron chi connectivity index (χ2n) is 32.1. The highest BCUT2D eigenvalue weighted by Gasteiger charge is 2.23. The van der Waals surface area contributed by atoms with Gasteiger partial charge >= 0.3 is 35.8 Å². The van der Waals surface area contributed by atoms with Crippen LogP contribution in [0, 0.1) is 18.8 Å². The number of Topliss-reactive ketones (excluding diaryl/α,β-unsaturated/α-hetero) is 1. The Morgan fingerprint density at radius 3 is 0.866 bits per heavy atom. The summed E-state index contributed by atoms with van der Waals surface area (Å²) in [7, 11) is 0. The van der Waals surface area contributed by atoms with Crippen molar-refractivity contribution in [3.63, 3.8) is 0 Å². The minimum absolute atomic E-state index is 0.0476. The zero-order valence-corrected chi connectivity index (χ0v) is 78.8. The van der Waals surface area contributed by atoms with Crippen LogP contribution >= 0.6 is 0 Å². The SMILES string of the molecule is CC(=O)Oc1cc(C(C)=O)c(-c2nc(=O)c3ccccc3o2)cc1C.CC(=O)Oc1ccc(-c2nc(=O)c3ccccc3o2)cc1.CC(C)C(=O)Oc1ccc(-c2nc(=O)c3ccccc3o2)cc1.CCC(=O)Oc1ccc(-c2nc(=O)c3ccccc3o2)cc1.CCCCC(=O)Oc1ccc(-c2nc(=O)c3ccccc3o2)cc1.CCCCC(CC)C(=O)Oc1ccc(-c2nc(=O)c3ccccc3o2)cc1. The number of benzene rings is 12. The van der Waals surface area contributed by atoms with E-state index in [4.69, 9.17) is 54.9 Å². The number of carbonyl (C=O) groups excluding carboxylic acids is 7. The highest BCUT2D eigenvalue weighted by molar-refractivity contribution is 6.01. The summed E-state index contributed by atoms with van der Waals surface area (Å²) >= 11 is 0. The van der Waals surface area contributed by atoms with E-state index in [9.17, 15) is 62.3 Å². The first-order chi connectivity index (χ1) is 68.5. The Morgan fingerprint density at radius 2 is 0.585 bits per heavy atom. The van der Waals surface area contributed by atoms with E-state index in [0.717, 1.165) is 38.5 Å². The van der Waals surface area contributed by atoms with Gasteiger partial charge < -0.3 is 54.9 Å². The lowest BCUT2D eigenvalue weighted by Crippen LogP contribution is -2.19. The van der Waals surface area contributed by atoms with E-state index >= 15 is 0 Å². The molecule has 18 rings (SSSR count). The summed E-state index contributed by atoms with van der Waals surface area (Å²) in [6.45, 7) is 17.1. The lowest BCUT2D eigenvalue weighted by atomic mass is 10.00. The summed E-state index contributed by atoms with van der Waals surface area (Å²) in [6, 6.07) is 78.2. The summed E-state index contributed by atoms with van der Waals surface area (Å²) < 4.78 is 65.2. The molecule has 0 amide bonds. The van der Waals surface area contributed by atoms with Crippen molar-refractivity contribution in [3.8, 4) is 103 Å². The first-order valence-corrected chi connectivity index (χ1v) is 45.3. The van der Waals surface area contributed by atoms with E-state index in [1.54, 1.807) is 301 Å². The Kier molecular flexibility index (Phi) is 34.4. The number of aryl methyl sites for hydroxylation is 1. The van der Waals surface area contributed by atoms with Crippen LogP contribution in [0.15, 0.2) is 334 Å². The minimum atomic E-state index is -0.485. The smallest absolute Gasteiger partial charge is 0.314 e. The summed E-state index contributed by atoms with van der Waals surface area (Å²) in [5, 5.41) is 2.59. The van der Waals surface area contributed by atoms with Crippen molar-refractivity contribution < 1.29 is 88.5 Å². The second kappa shape index (κ2) is 48.1. The van der Waals surface area contributed by atoms with Gasteiger partial charge in [-0.05, 0) is 245 Å². The van der Waals surface area contributed by atoms with Gasteiger partial charge in [0.2, 0.25) is 35.3 Å². The third kappa shape index (κ3) is 26.8. The van der Waals surface area contributed by atoms with Gasteiger partial charge in [-0.25, -0.2) is 0 Å². The predicted octanol–water partition coefficient (Wildman–Crippen LogP) is 21.6. The Morgan fingerprint density at radius 1 is 0.310 bits per heavy atom. The first-order valence-electron chi connectivity index (χ1n) is 45.3. The Balaban J connectivity index is 0.000000143. The summed E-state index contributed by atoms with van der Waals surface area (Å²) in [5.74, 6) is 1.28. The molecule has 31 heteroatoms. The van der Waals surface area contributed by atoms with Crippen LogP contribution in [0.3, 0.4) is 0 Å². The Labute approximate surface area is 809 Å². The molecule has 142 heavy (non-hydrogen) atoms. The Bertz CT molecular complexity index is 8050. The van der Waals surface area contributed by atoms with Gasteiger partial charge in [-0.3, -0.25) is 62.3 Å². The van der Waals surface area contributed by atoms with E-state index in [1.165, 1.54) is 26.8 Å². The third-order valence-electron chi connectivity index (χ3n) is 21.2. The molecule has 0 fully saturated rings. The lowest BCUT2D eigenvalue weighted by Gasteiger charge is -2.13. The predicted molar refractivity (Wildman–Crippen MR) is 532 cm³/mol. The van der Waals surface area contributed by atoms with Crippen molar-refractivity contribution in [1.82, 2.24) is 29.9 Å². The maximum Gasteiger partial charge on any atom is 0.314 e. The number of para-hydroxylation sites is 6. The van der Waals surface area contributed by atoms with Crippen molar-refractivity contribution in [2.24, 2.45) is 11.8 Å². The zero-order valence-electron chi connectivity index (χ0n) is 78.8. The van der Waals surface area contributed by atoms with E-state index < -0.39 is 17.5 Å². The fourth-order valence-electron chi connectivity index (χ4n) is 13.8. The number of ketones is 1. The highest BCUT2D eigenvalue weighted by atomic mass is 16.6. The van der Waals surface area contributed by atoms with Crippen LogP contribution in [0.25, 0.3) is 135 Å². The number of aromatic nitrogens is 6. The van der Waals surface area contributed by atoms with Gasteiger partial charge in [0.1, 0.15) is 68.0 Å². The average molecular weight is 1910 g/mol. The summed E-state index contributed by atoms with van der Waals surface area (Å²) in [4.78, 5) is 177. The molecule has 6 heterocycles. The number of hydrogen-bond donors (Lipinski definition) is 0. The van der Waals surface area contributed by atoms with Gasteiger partial charge in [-0.1, -0.05) is 134 Å². The molecular formula is C111H94N6O25. The average Bonchev–Trinajstić information content (AvgIpc) is 0.777. The van der Waals surface area contributed by atoms with Crippen LogP contribution < -0.4 is 61.8 Å². The van der Waals surface area contributed by atoms with Crippen LogP contribution in [0.4, 0.5) is 0 Å². The lowest BCUT2D eigenvalue weighted by molar-refractivity contribution is -0.139. The molecular weight excluding hydrogens is 1820 g/mol. The highest BCUT2D eigenvalue weighted by Crippen LogP contribution is 2.34. The van der Waals surface area contributed by atoms with Gasteiger partial charge in [0.05, 0.1) is 44.2 Å². The molecule has 718 valence electrons. The van der Waals surface area contributed by atoms with Crippen LogP contribution in [0.5, 0.6) is 34.5 Å². The quantitative estimate of drug-likeness (QED) is 0.0326. The molecule has 0 spiro atoms. The number of fused-ring (bicyclic) bond motifs is 6. The number of nitrogens with zero attached hydrogens (tertiary/aromatic N) is 6. The molecule has 18 aromatic rings. The van der Waals surface area contributed by atoms with E-state index in [0.29, 0.717) is 146 Å². The number of hydrogen-bond acceptors (Lipinski definition) is 31. The molecule has 0 saturated heterocycles. The molecule has 0 radical (unpaired) electrons. The van der Waals surface area contributed by atoms with Crippen molar-refractivity contribution in [1.29, 1.82) is 0 Å². The maximum atomic E-state index is 12.3. The molecule has 31 nitrogen and oxygen atoms in total. The van der Waals surface area contributed by atoms with Crippen molar-refractivity contribution in [3.05, 3.63) is 352 Å². The van der Waals surface area contributed by atoms with E-state index in [1.807, 2.05) is 13.8 Å². The number of ether oxygens (including phenoxy) is 6. The molecule has 1 atom stereocenters. The third-order valence-corrected chi connectivity index (χ3v) is 21.2. The van der Waals surface area contributed by atoms with Crippen LogP contribution in [-0.4, -0.2) is 71.5 Å². The monoisotopic (exact) mass is 1910 g/mol. The van der Waals surface area contributed by atoms with Crippen LogP contribution in [0.2, 0.25) is 0 Å². The van der Waals surface area contributed by atoms with E-state index in [-0.39, 0.29) is 116 Å². The van der Waals surface area contributed by atoms with Gasteiger partial charge in [0.25, 0.3) is 33.4 Å². The molecule has 0 aliphatic heterocycles. The molecule has 0 saturated carbocycles. The molecule has 6 aromatic heterocycles. The molecule has 0 N–H and O–H groups in total. The maximum absolute atomic E-state index is 12.3. The Hall–Kier alpha value is -18.0. The van der Waals surface area contributed by atoms with Crippen molar-refractivity contribution in [2.45, 2.75) is 121 Å². The number of unbranched alkanes of at least 4 members (excludes halogenated alkanes) is 2. The van der Waals surface area contributed by atoms with Gasteiger partial charge in [0.15, 0.2) is 5.78 Å². The number of rotatable bonds is 23. The largest absolute Gasteiger partial charge is 0.437 e. The number of esters is 6. The van der Waals surface area contributed by atoms with E-state index in [2.05, 4.69) is 36.8 Å². The normalized spacial score (nSPS) is 11.0. The summed E-state index contributed by atoms with van der Waals surface area (Å²) in [6.07, 6.45) is 6.15. The second-order valence-corrected chi connectivity index (χ2v) is 32.1. The topological polar surface area (TPSA) is 433 Å². The minimum Gasteiger partial charge on any atom is -0.437 e. The van der Waals surface area contributed by atoms with Gasteiger partial charge in [0, 0.05) is 65.6 Å². The van der Waals surface area contributed by atoms with Gasteiger partial charge in [-0.2, -0.15) is 29.9 Å². The summed E-state index contributed by atoms with van der Waals surface area (Å²) in [5.41, 5.74) is 5.16. The zero-order chi connectivity index (χ0) is 101. The molecule has 1 unspecified atom stereocenters. The first kappa shape index (κ1) is 101. The van der Waals surface area contributed by atoms with Crippen molar-refractivity contribution >= 4 is 107 Å². The molecule has 0 bridgehead atoms. The molecule has 0 aliphatic carbocycles. The molecule has 12 aromatic carbocycles. The van der Waals surface area contributed by atoms with Crippen molar-refractivity contribution in [2.75, 3.05) is 0 Å².